The summed E-state index contributed by atoms with van der Waals surface area (Å²) in [6.45, 7) is 4.67. The Hall–Kier alpha value is -2.74. The highest BCUT2D eigenvalue weighted by Crippen LogP contribution is 2.32. The summed E-state index contributed by atoms with van der Waals surface area (Å²) in [5.41, 5.74) is 2.29. The summed E-state index contributed by atoms with van der Waals surface area (Å²) in [5, 5.41) is 9.67. The minimum absolute atomic E-state index is 0.111. The Labute approximate surface area is 186 Å². The molecule has 1 amide bonds. The van der Waals surface area contributed by atoms with Gasteiger partial charge in [0.2, 0.25) is 11.9 Å². The van der Waals surface area contributed by atoms with E-state index in [1.54, 1.807) is 6.26 Å². The number of hydrogen-bond donors (Lipinski definition) is 0. The van der Waals surface area contributed by atoms with Crippen molar-refractivity contribution in [2.75, 3.05) is 28.6 Å². The molecule has 8 heteroatoms. The third-order valence-corrected chi connectivity index (χ3v) is 7.05. The second kappa shape index (κ2) is 8.78. The van der Waals surface area contributed by atoms with Gasteiger partial charge in [-0.1, -0.05) is 30.0 Å². The van der Waals surface area contributed by atoms with Crippen LogP contribution in [-0.2, 0) is 17.8 Å². The minimum atomic E-state index is 0.111. The second-order valence-corrected chi connectivity index (χ2v) is 9.15. The molecule has 1 atom stereocenters. The van der Waals surface area contributed by atoms with Crippen LogP contribution in [0.25, 0.3) is 0 Å². The lowest BCUT2D eigenvalue weighted by Gasteiger charge is -2.35. The first kappa shape index (κ1) is 20.2. The quantitative estimate of drug-likeness (QED) is 0.544. The zero-order valence-corrected chi connectivity index (χ0v) is 18.6. The fourth-order valence-corrected chi connectivity index (χ4v) is 5.29. The number of para-hydroxylation sites is 1. The van der Waals surface area contributed by atoms with Gasteiger partial charge in [-0.3, -0.25) is 9.36 Å². The van der Waals surface area contributed by atoms with Crippen molar-refractivity contribution in [2.24, 2.45) is 0 Å². The van der Waals surface area contributed by atoms with Crippen molar-refractivity contribution in [1.29, 1.82) is 0 Å². The zero-order valence-electron chi connectivity index (χ0n) is 17.7. The van der Waals surface area contributed by atoms with Crippen LogP contribution >= 0.6 is 11.8 Å². The van der Waals surface area contributed by atoms with Crippen molar-refractivity contribution in [2.45, 2.75) is 50.4 Å². The number of fused-ring (bicyclic) bond motifs is 1. The van der Waals surface area contributed by atoms with E-state index in [0.29, 0.717) is 12.3 Å². The molecule has 1 saturated heterocycles. The van der Waals surface area contributed by atoms with Gasteiger partial charge >= 0.3 is 0 Å². The first-order valence-electron chi connectivity index (χ1n) is 10.9. The van der Waals surface area contributed by atoms with Gasteiger partial charge < -0.3 is 14.2 Å². The number of aryl methyl sites for hydroxylation is 1. The Kier molecular flexibility index (Phi) is 5.72. The van der Waals surface area contributed by atoms with Crippen molar-refractivity contribution in [3.05, 3.63) is 54.0 Å². The highest BCUT2D eigenvalue weighted by Gasteiger charge is 2.29. The number of carbonyl (C=O) groups excluding carboxylic acids is 1. The van der Waals surface area contributed by atoms with Gasteiger partial charge in [0.25, 0.3) is 0 Å². The third-order valence-electron chi connectivity index (χ3n) is 6.10. The van der Waals surface area contributed by atoms with Crippen LogP contribution in [0.5, 0.6) is 0 Å². The Morgan fingerprint density at radius 1 is 1.16 bits per heavy atom. The van der Waals surface area contributed by atoms with Crippen LogP contribution in [-0.4, -0.2) is 45.6 Å². The Morgan fingerprint density at radius 3 is 2.81 bits per heavy atom. The number of nitrogens with zero attached hydrogens (tertiary/aromatic N) is 5. The van der Waals surface area contributed by atoms with E-state index in [2.05, 4.69) is 38.7 Å². The molecule has 0 spiro atoms. The van der Waals surface area contributed by atoms with Crippen LogP contribution < -0.4 is 9.80 Å². The number of rotatable bonds is 6. The van der Waals surface area contributed by atoms with Gasteiger partial charge in [-0.25, -0.2) is 0 Å². The van der Waals surface area contributed by atoms with Gasteiger partial charge in [0.1, 0.15) is 5.76 Å². The topological polar surface area (TPSA) is 67.4 Å². The van der Waals surface area contributed by atoms with Gasteiger partial charge in [-0.2, -0.15) is 0 Å². The molecule has 0 N–H and O–H groups in total. The number of amides is 1. The van der Waals surface area contributed by atoms with Gasteiger partial charge in [-0.05, 0) is 56.4 Å². The van der Waals surface area contributed by atoms with Crippen molar-refractivity contribution in [1.82, 2.24) is 14.8 Å². The highest BCUT2D eigenvalue weighted by atomic mass is 32.2. The predicted molar refractivity (Wildman–Crippen MR) is 122 cm³/mol. The first-order valence-corrected chi connectivity index (χ1v) is 11.9. The summed E-state index contributed by atoms with van der Waals surface area (Å²) >= 11 is 1.46. The Bertz CT molecular complexity index is 1040. The molecule has 162 valence electrons. The van der Waals surface area contributed by atoms with E-state index in [9.17, 15) is 4.79 Å². The highest BCUT2D eigenvalue weighted by molar-refractivity contribution is 7.99. The van der Waals surface area contributed by atoms with Crippen molar-refractivity contribution in [3.8, 4) is 0 Å². The second-order valence-electron chi connectivity index (χ2n) is 8.21. The van der Waals surface area contributed by atoms with Crippen LogP contribution in [0.4, 0.5) is 11.6 Å². The van der Waals surface area contributed by atoms with E-state index in [4.69, 9.17) is 4.42 Å². The fraction of sp³-hybridized carbons (Fsp3) is 0.435. The molecule has 5 rings (SSSR count). The summed E-state index contributed by atoms with van der Waals surface area (Å²) in [5.74, 6) is 2.15. The van der Waals surface area contributed by atoms with Gasteiger partial charge in [-0.15, -0.1) is 10.2 Å². The molecular formula is C23H27N5O2S. The normalized spacial score (nSPS) is 18.4. The monoisotopic (exact) mass is 437 g/mol. The molecule has 0 saturated carbocycles. The number of aromatic nitrogens is 3. The summed E-state index contributed by atoms with van der Waals surface area (Å²) < 4.78 is 7.65. The lowest BCUT2D eigenvalue weighted by atomic mass is 9.97. The molecule has 2 aromatic heterocycles. The summed E-state index contributed by atoms with van der Waals surface area (Å²) in [7, 11) is 0. The summed E-state index contributed by atoms with van der Waals surface area (Å²) in [6, 6.07) is 12.3. The molecule has 0 bridgehead atoms. The largest absolute Gasteiger partial charge is 0.467 e. The van der Waals surface area contributed by atoms with Crippen molar-refractivity contribution < 1.29 is 9.21 Å². The SMILES string of the molecule is CC1CCc2ccccc2N1C(=O)CSc1nnc(N2CCCC2)n1Cc1ccco1. The van der Waals surface area contributed by atoms with Crippen LogP contribution in [0.3, 0.4) is 0 Å². The van der Waals surface area contributed by atoms with E-state index < -0.39 is 0 Å². The Morgan fingerprint density at radius 2 is 2.00 bits per heavy atom. The smallest absolute Gasteiger partial charge is 0.237 e. The molecule has 4 heterocycles. The maximum atomic E-state index is 13.3. The molecule has 1 aromatic carbocycles. The summed E-state index contributed by atoms with van der Waals surface area (Å²) in [6.07, 6.45) is 6.02. The fourth-order valence-electron chi connectivity index (χ4n) is 4.50. The average Bonchev–Trinajstić information content (AvgIpc) is 3.55. The molecule has 0 radical (unpaired) electrons. The van der Waals surface area contributed by atoms with E-state index in [1.807, 2.05) is 29.2 Å². The first-order chi connectivity index (χ1) is 15.2. The lowest BCUT2D eigenvalue weighted by Crippen LogP contribution is -2.43. The number of carbonyl (C=O) groups is 1. The summed E-state index contributed by atoms with van der Waals surface area (Å²) in [4.78, 5) is 17.5. The van der Waals surface area contributed by atoms with Crippen LogP contribution in [0.15, 0.2) is 52.2 Å². The number of benzene rings is 1. The molecule has 0 aliphatic carbocycles. The van der Waals surface area contributed by atoms with Gasteiger partial charge in [0.15, 0.2) is 5.16 Å². The van der Waals surface area contributed by atoms with E-state index in [1.165, 1.54) is 30.2 Å². The maximum Gasteiger partial charge on any atom is 0.237 e. The number of furan rings is 1. The van der Waals surface area contributed by atoms with Crippen LogP contribution in [0, 0.1) is 0 Å². The van der Waals surface area contributed by atoms with Crippen molar-refractivity contribution in [3.63, 3.8) is 0 Å². The van der Waals surface area contributed by atoms with E-state index in [-0.39, 0.29) is 11.9 Å². The standard InChI is InChI=1S/C23H27N5O2S/c1-17-10-11-18-7-2-3-9-20(18)28(17)21(29)16-31-23-25-24-22(26-12-4-5-13-26)27(23)15-19-8-6-14-30-19/h2-3,6-9,14,17H,4-5,10-13,15-16H2,1H3. The minimum Gasteiger partial charge on any atom is -0.467 e. The molecule has 1 unspecified atom stereocenters. The molecule has 2 aliphatic heterocycles. The zero-order chi connectivity index (χ0) is 21.2. The van der Waals surface area contributed by atoms with Crippen LogP contribution in [0.2, 0.25) is 0 Å². The van der Waals surface area contributed by atoms with Crippen LogP contribution in [0.1, 0.15) is 37.5 Å². The predicted octanol–water partition coefficient (Wildman–Crippen LogP) is 3.98. The van der Waals surface area contributed by atoms with Crippen molar-refractivity contribution >= 4 is 29.3 Å². The third kappa shape index (κ3) is 4.08. The lowest BCUT2D eigenvalue weighted by molar-refractivity contribution is -0.116. The molecule has 1 fully saturated rings. The Balaban J connectivity index is 1.36. The van der Waals surface area contributed by atoms with Gasteiger partial charge in [0, 0.05) is 24.8 Å². The molecule has 2 aliphatic rings. The maximum absolute atomic E-state index is 13.3. The molecule has 3 aromatic rings. The van der Waals surface area contributed by atoms with Gasteiger partial charge in [0.05, 0.1) is 18.6 Å². The molecule has 31 heavy (non-hydrogen) atoms. The number of thioether (sulfide) groups is 1. The molecular weight excluding hydrogens is 410 g/mol. The molecule has 7 nitrogen and oxygen atoms in total. The average molecular weight is 438 g/mol. The number of anilines is 2. The van der Waals surface area contributed by atoms with E-state index in [0.717, 1.165) is 48.5 Å². The number of hydrogen-bond acceptors (Lipinski definition) is 6. The van der Waals surface area contributed by atoms with E-state index >= 15 is 0 Å².